The zero-order chi connectivity index (χ0) is 14.7. The minimum Gasteiger partial charge on any atom is -0.490 e. The van der Waals surface area contributed by atoms with Crippen molar-refractivity contribution in [1.29, 1.82) is 0 Å². The van der Waals surface area contributed by atoms with Gasteiger partial charge in [0, 0.05) is 17.2 Å². The monoisotopic (exact) mass is 355 g/mol. The van der Waals surface area contributed by atoms with E-state index in [1.165, 1.54) is 0 Å². The minimum atomic E-state index is -0.829. The van der Waals surface area contributed by atoms with E-state index in [-0.39, 0.29) is 5.37 Å². The molecule has 0 aliphatic carbocycles. The van der Waals surface area contributed by atoms with Crippen molar-refractivity contribution >= 4 is 52.5 Å². The highest BCUT2D eigenvalue weighted by atomic mass is 35.5. The van der Waals surface area contributed by atoms with E-state index in [0.717, 1.165) is 0 Å². The lowest BCUT2D eigenvalue weighted by Gasteiger charge is -2.13. The highest BCUT2D eigenvalue weighted by Crippen LogP contribution is 2.36. The Labute approximate surface area is 135 Å². The second-order valence-electron chi connectivity index (χ2n) is 4.22. The Bertz CT molecular complexity index is 492. The molecule has 0 radical (unpaired) electrons. The molecule has 110 valence electrons. The Morgan fingerprint density at radius 3 is 2.60 bits per heavy atom. The Balaban J connectivity index is 1.84. The molecule has 1 aromatic rings. The fourth-order valence-electron chi connectivity index (χ4n) is 1.78. The lowest BCUT2D eigenvalue weighted by molar-refractivity contribution is -0.138. The van der Waals surface area contributed by atoms with Crippen molar-refractivity contribution < 1.29 is 14.6 Å². The molecule has 2 unspecified atom stereocenters. The number of carboxylic acid groups (broad SMARTS) is 1. The van der Waals surface area contributed by atoms with Crippen molar-refractivity contribution in [2.24, 2.45) is 0 Å². The highest BCUT2D eigenvalue weighted by molar-refractivity contribution is 8.00. The molecule has 0 bridgehead atoms. The van der Waals surface area contributed by atoms with Gasteiger partial charge in [0.25, 0.3) is 0 Å². The molecule has 1 saturated heterocycles. The second kappa shape index (κ2) is 7.09. The van der Waals surface area contributed by atoms with Crippen LogP contribution >= 0.6 is 46.6 Å². The number of carbonyl (C=O) groups is 1. The molecule has 1 aliphatic heterocycles. The van der Waals surface area contributed by atoms with E-state index in [4.69, 9.17) is 44.6 Å². The van der Waals surface area contributed by atoms with Crippen LogP contribution in [0.1, 0.15) is 6.42 Å². The van der Waals surface area contributed by atoms with Crippen LogP contribution < -0.4 is 10.1 Å². The molecule has 4 nitrogen and oxygen atoms in total. The van der Waals surface area contributed by atoms with Crippen LogP contribution in [0.5, 0.6) is 5.75 Å². The Kier molecular flexibility index (Phi) is 5.69. The van der Waals surface area contributed by atoms with Gasteiger partial charge in [0.2, 0.25) is 0 Å². The van der Waals surface area contributed by atoms with Crippen LogP contribution in [0.25, 0.3) is 0 Å². The van der Waals surface area contributed by atoms with Gasteiger partial charge in [0.15, 0.2) is 5.75 Å². The van der Waals surface area contributed by atoms with Crippen molar-refractivity contribution in [2.45, 2.75) is 17.8 Å². The standard InChI is InChI=1S/C12H12Cl3NO3S/c13-6-3-7(14)11(8(15)4-6)19-2-1-10-16-9(5-20-10)12(17)18/h3-4,9-10,16H,1-2,5H2,(H,17,18). The molecule has 2 rings (SSSR count). The average molecular weight is 357 g/mol. The molecule has 0 aromatic heterocycles. The Morgan fingerprint density at radius 2 is 2.05 bits per heavy atom. The van der Waals surface area contributed by atoms with Gasteiger partial charge in [-0.3, -0.25) is 10.1 Å². The summed E-state index contributed by atoms with van der Waals surface area (Å²) in [6.45, 7) is 0.387. The number of carboxylic acids is 1. The van der Waals surface area contributed by atoms with Crippen LogP contribution in [0.3, 0.4) is 0 Å². The first-order valence-corrected chi connectivity index (χ1v) is 8.03. The van der Waals surface area contributed by atoms with Gasteiger partial charge >= 0.3 is 5.97 Å². The zero-order valence-corrected chi connectivity index (χ0v) is 13.3. The second-order valence-corrected chi connectivity index (χ2v) is 6.70. The number of ether oxygens (including phenoxy) is 1. The summed E-state index contributed by atoms with van der Waals surface area (Å²) >= 11 is 19.4. The highest BCUT2D eigenvalue weighted by Gasteiger charge is 2.29. The molecular weight excluding hydrogens is 345 g/mol. The smallest absolute Gasteiger partial charge is 0.321 e. The third-order valence-electron chi connectivity index (χ3n) is 2.74. The number of nitrogens with one attached hydrogen (secondary N) is 1. The Hall–Kier alpha value is -0.330. The zero-order valence-electron chi connectivity index (χ0n) is 10.2. The van der Waals surface area contributed by atoms with Gasteiger partial charge in [-0.25, -0.2) is 0 Å². The van der Waals surface area contributed by atoms with Crippen LogP contribution in [-0.2, 0) is 4.79 Å². The summed E-state index contributed by atoms with van der Waals surface area (Å²) in [4.78, 5) is 10.8. The summed E-state index contributed by atoms with van der Waals surface area (Å²) < 4.78 is 5.56. The lowest BCUT2D eigenvalue weighted by Crippen LogP contribution is -2.37. The molecule has 0 amide bonds. The molecule has 20 heavy (non-hydrogen) atoms. The number of thioether (sulfide) groups is 1. The van der Waals surface area contributed by atoms with Gasteiger partial charge in [-0.05, 0) is 12.1 Å². The molecule has 2 atom stereocenters. The quantitative estimate of drug-likeness (QED) is 0.845. The van der Waals surface area contributed by atoms with E-state index < -0.39 is 12.0 Å². The van der Waals surface area contributed by atoms with Gasteiger partial charge < -0.3 is 9.84 Å². The predicted molar refractivity (Wildman–Crippen MR) is 82.4 cm³/mol. The van der Waals surface area contributed by atoms with Crippen molar-refractivity contribution in [3.8, 4) is 5.75 Å². The third kappa shape index (κ3) is 4.09. The number of aliphatic carboxylic acids is 1. The van der Waals surface area contributed by atoms with Crippen molar-refractivity contribution in [2.75, 3.05) is 12.4 Å². The predicted octanol–water partition coefficient (Wildman–Crippen LogP) is 3.53. The summed E-state index contributed by atoms with van der Waals surface area (Å²) in [6.07, 6.45) is 0.656. The van der Waals surface area contributed by atoms with Crippen molar-refractivity contribution in [3.63, 3.8) is 0 Å². The van der Waals surface area contributed by atoms with Crippen molar-refractivity contribution in [1.82, 2.24) is 5.32 Å². The molecule has 1 heterocycles. The summed E-state index contributed by atoms with van der Waals surface area (Å²) in [7, 11) is 0. The maximum atomic E-state index is 10.8. The fraction of sp³-hybridized carbons (Fsp3) is 0.417. The maximum Gasteiger partial charge on any atom is 0.321 e. The fourth-order valence-corrected chi connectivity index (χ4v) is 3.89. The van der Waals surface area contributed by atoms with Crippen LogP contribution in [0, 0.1) is 0 Å². The van der Waals surface area contributed by atoms with Crippen LogP contribution in [-0.4, -0.2) is 34.9 Å². The average Bonchev–Trinajstić information content (AvgIpc) is 2.81. The first-order valence-electron chi connectivity index (χ1n) is 5.85. The van der Waals surface area contributed by atoms with E-state index in [1.807, 2.05) is 0 Å². The normalized spacial score (nSPS) is 21.9. The summed E-state index contributed by atoms with van der Waals surface area (Å²) in [6, 6.07) is 2.63. The number of hydrogen-bond donors (Lipinski definition) is 2. The third-order valence-corrected chi connectivity index (χ3v) is 4.82. The van der Waals surface area contributed by atoms with Crippen LogP contribution in [0.2, 0.25) is 15.1 Å². The van der Waals surface area contributed by atoms with E-state index in [1.54, 1.807) is 23.9 Å². The summed E-state index contributed by atoms with van der Waals surface area (Å²) in [5.74, 6) is 0.128. The van der Waals surface area contributed by atoms with Crippen LogP contribution in [0.15, 0.2) is 12.1 Å². The number of rotatable bonds is 5. The van der Waals surface area contributed by atoms with E-state index in [2.05, 4.69) is 5.32 Å². The first-order chi connectivity index (χ1) is 9.47. The van der Waals surface area contributed by atoms with Crippen molar-refractivity contribution in [3.05, 3.63) is 27.2 Å². The number of halogens is 3. The minimum absolute atomic E-state index is 0.0564. The molecule has 0 spiro atoms. The molecule has 2 N–H and O–H groups in total. The first kappa shape index (κ1) is 16.0. The number of benzene rings is 1. The lowest BCUT2D eigenvalue weighted by atomic mass is 10.3. The molecule has 1 aliphatic rings. The van der Waals surface area contributed by atoms with E-state index in [9.17, 15) is 4.79 Å². The molecule has 1 aromatic carbocycles. The molecule has 0 saturated carbocycles. The van der Waals surface area contributed by atoms with Gasteiger partial charge in [-0.15, -0.1) is 11.8 Å². The van der Waals surface area contributed by atoms with Gasteiger partial charge in [-0.1, -0.05) is 34.8 Å². The molecular formula is C12H12Cl3NO3S. The van der Waals surface area contributed by atoms with Gasteiger partial charge in [0.1, 0.15) is 6.04 Å². The maximum absolute atomic E-state index is 10.8. The SMILES string of the molecule is O=C(O)C1CSC(CCOc2c(Cl)cc(Cl)cc2Cl)N1. The van der Waals surface area contributed by atoms with E-state index in [0.29, 0.717) is 39.6 Å². The van der Waals surface area contributed by atoms with E-state index >= 15 is 0 Å². The largest absolute Gasteiger partial charge is 0.490 e. The summed E-state index contributed by atoms with van der Waals surface area (Å²) in [5.41, 5.74) is 0. The number of hydrogen-bond acceptors (Lipinski definition) is 4. The molecule has 8 heteroatoms. The molecule has 1 fully saturated rings. The van der Waals surface area contributed by atoms with Gasteiger partial charge in [-0.2, -0.15) is 0 Å². The Morgan fingerprint density at radius 1 is 1.40 bits per heavy atom. The topological polar surface area (TPSA) is 58.6 Å². The van der Waals surface area contributed by atoms with Crippen LogP contribution in [0.4, 0.5) is 0 Å². The summed E-state index contributed by atoms with van der Waals surface area (Å²) in [5, 5.41) is 13.1. The van der Waals surface area contributed by atoms with Gasteiger partial charge in [0.05, 0.1) is 22.0 Å².